The molecule has 0 aliphatic heterocycles. The van der Waals surface area contributed by atoms with Crippen LogP contribution >= 0.6 is 11.8 Å². The van der Waals surface area contributed by atoms with Crippen LogP contribution in [0.3, 0.4) is 0 Å². The molecule has 0 fully saturated rings. The minimum absolute atomic E-state index is 0.252. The molecule has 2 nitrogen and oxygen atoms in total. The molecule has 1 amide bonds. The van der Waals surface area contributed by atoms with Crippen LogP contribution in [0.4, 0.5) is 13.2 Å². The Labute approximate surface area is 143 Å². The first-order chi connectivity index (χ1) is 11.3. The highest BCUT2D eigenvalue weighted by Crippen LogP contribution is 2.29. The lowest BCUT2D eigenvalue weighted by Crippen LogP contribution is -2.26. The van der Waals surface area contributed by atoms with Crippen molar-refractivity contribution in [3.8, 4) is 0 Å². The normalized spacial score (nSPS) is 12.7. The summed E-state index contributed by atoms with van der Waals surface area (Å²) < 4.78 is 37.7. The van der Waals surface area contributed by atoms with E-state index in [0.29, 0.717) is 11.1 Å². The van der Waals surface area contributed by atoms with Crippen molar-refractivity contribution in [1.29, 1.82) is 0 Å². The molecule has 0 radical (unpaired) electrons. The summed E-state index contributed by atoms with van der Waals surface area (Å²) in [6.07, 6.45) is -2.35. The van der Waals surface area contributed by atoms with Gasteiger partial charge in [0.05, 0.1) is 11.6 Å². The molecule has 0 aliphatic rings. The second kappa shape index (κ2) is 7.75. The molecular weight excluding hydrogens is 335 g/mol. The zero-order chi connectivity index (χ0) is 17.7. The lowest BCUT2D eigenvalue weighted by atomic mass is 10.0. The van der Waals surface area contributed by atoms with Crippen molar-refractivity contribution in [3.63, 3.8) is 0 Å². The fraction of sp³-hybridized carbons (Fsp3) is 0.278. The summed E-state index contributed by atoms with van der Waals surface area (Å²) in [5.41, 5.74) is 1.58. The van der Waals surface area contributed by atoms with Crippen molar-refractivity contribution in [3.05, 3.63) is 70.8 Å². The van der Waals surface area contributed by atoms with Gasteiger partial charge in [-0.1, -0.05) is 24.3 Å². The summed E-state index contributed by atoms with van der Waals surface area (Å²) in [5, 5.41) is 2.80. The molecule has 0 heterocycles. The van der Waals surface area contributed by atoms with Crippen LogP contribution in [0.5, 0.6) is 0 Å². The van der Waals surface area contributed by atoms with Gasteiger partial charge in [0.15, 0.2) is 0 Å². The Kier molecular flexibility index (Phi) is 5.94. The average Bonchev–Trinajstić information content (AvgIpc) is 2.55. The highest BCUT2D eigenvalue weighted by molar-refractivity contribution is 7.97. The first kappa shape index (κ1) is 18.4. The van der Waals surface area contributed by atoms with Gasteiger partial charge < -0.3 is 5.32 Å². The standard InChI is InChI=1S/C18H18F3NOS/c1-12(14-7-9-16(10-8-14)18(19,20)21)22-17(23)15-5-3-13(4-6-15)11-24-2/h3-10,12H,11H2,1-2H3,(H,22,23). The highest BCUT2D eigenvalue weighted by Gasteiger charge is 2.30. The highest BCUT2D eigenvalue weighted by atomic mass is 32.2. The second-order valence-electron chi connectivity index (χ2n) is 5.44. The van der Waals surface area contributed by atoms with Crippen LogP contribution in [0, 0.1) is 0 Å². The van der Waals surface area contributed by atoms with Crippen molar-refractivity contribution < 1.29 is 18.0 Å². The molecule has 128 valence electrons. The maximum absolute atomic E-state index is 12.6. The maximum atomic E-state index is 12.6. The molecule has 1 N–H and O–H groups in total. The predicted octanol–water partition coefficient (Wildman–Crippen LogP) is 5.06. The number of thioether (sulfide) groups is 1. The molecule has 24 heavy (non-hydrogen) atoms. The third-order valence-electron chi connectivity index (χ3n) is 3.61. The van der Waals surface area contributed by atoms with Gasteiger partial charge in [-0.2, -0.15) is 24.9 Å². The molecule has 0 saturated carbocycles. The Bertz CT molecular complexity index is 681. The lowest BCUT2D eigenvalue weighted by Gasteiger charge is -2.15. The number of rotatable bonds is 5. The molecule has 0 aliphatic carbocycles. The zero-order valence-corrected chi connectivity index (χ0v) is 14.2. The van der Waals surface area contributed by atoms with Crippen LogP contribution in [0.2, 0.25) is 0 Å². The molecule has 2 aromatic rings. The molecule has 0 aromatic heterocycles. The Morgan fingerprint density at radius 2 is 1.67 bits per heavy atom. The van der Waals surface area contributed by atoms with Gasteiger partial charge in [-0.25, -0.2) is 0 Å². The van der Waals surface area contributed by atoms with E-state index in [9.17, 15) is 18.0 Å². The Morgan fingerprint density at radius 3 is 2.17 bits per heavy atom. The summed E-state index contributed by atoms with van der Waals surface area (Å²) in [7, 11) is 0. The van der Waals surface area contributed by atoms with E-state index < -0.39 is 11.7 Å². The van der Waals surface area contributed by atoms with E-state index in [1.165, 1.54) is 12.1 Å². The van der Waals surface area contributed by atoms with Crippen LogP contribution < -0.4 is 5.32 Å². The van der Waals surface area contributed by atoms with Crippen LogP contribution in [0.15, 0.2) is 48.5 Å². The number of halogens is 3. The topological polar surface area (TPSA) is 29.1 Å². The van der Waals surface area contributed by atoms with Crippen LogP contribution in [0.1, 0.15) is 40.0 Å². The summed E-state index contributed by atoms with van der Waals surface area (Å²) in [6.45, 7) is 1.74. The summed E-state index contributed by atoms with van der Waals surface area (Å²) in [4.78, 5) is 12.2. The molecule has 2 rings (SSSR count). The average molecular weight is 353 g/mol. The predicted molar refractivity (Wildman–Crippen MR) is 91.0 cm³/mol. The summed E-state index contributed by atoms with van der Waals surface area (Å²) in [5.74, 6) is 0.627. The SMILES string of the molecule is CSCc1ccc(C(=O)NC(C)c2ccc(C(F)(F)F)cc2)cc1. The smallest absolute Gasteiger partial charge is 0.346 e. The number of hydrogen-bond acceptors (Lipinski definition) is 2. The fourth-order valence-corrected chi connectivity index (χ4v) is 2.77. The molecule has 1 unspecified atom stereocenters. The van der Waals surface area contributed by atoms with E-state index in [1.807, 2.05) is 18.4 Å². The van der Waals surface area contributed by atoms with Crippen LogP contribution in [0.25, 0.3) is 0 Å². The van der Waals surface area contributed by atoms with Crippen molar-refractivity contribution in [2.75, 3.05) is 6.26 Å². The first-order valence-corrected chi connectivity index (χ1v) is 8.76. The number of amides is 1. The number of carbonyl (C=O) groups is 1. The Hall–Kier alpha value is -1.95. The first-order valence-electron chi connectivity index (χ1n) is 7.37. The molecule has 0 saturated heterocycles. The van der Waals surface area contributed by atoms with Gasteiger partial charge in [-0.05, 0) is 48.6 Å². The molecule has 0 bridgehead atoms. The van der Waals surface area contributed by atoms with Gasteiger partial charge in [-0.15, -0.1) is 0 Å². The van der Waals surface area contributed by atoms with E-state index in [1.54, 1.807) is 30.8 Å². The Balaban J connectivity index is 2.03. The van der Waals surface area contributed by atoms with E-state index >= 15 is 0 Å². The van der Waals surface area contributed by atoms with Crippen molar-refractivity contribution in [1.82, 2.24) is 5.32 Å². The van der Waals surface area contributed by atoms with Gasteiger partial charge >= 0.3 is 6.18 Å². The van der Waals surface area contributed by atoms with Gasteiger partial charge in [0.1, 0.15) is 0 Å². The second-order valence-corrected chi connectivity index (χ2v) is 6.31. The van der Waals surface area contributed by atoms with E-state index in [0.717, 1.165) is 23.4 Å². The minimum atomic E-state index is -4.36. The molecule has 2 aromatic carbocycles. The van der Waals surface area contributed by atoms with Crippen molar-refractivity contribution in [2.24, 2.45) is 0 Å². The lowest BCUT2D eigenvalue weighted by molar-refractivity contribution is -0.137. The summed E-state index contributed by atoms with van der Waals surface area (Å²) >= 11 is 1.70. The van der Waals surface area contributed by atoms with Gasteiger partial charge in [0.2, 0.25) is 0 Å². The van der Waals surface area contributed by atoms with Crippen LogP contribution in [-0.2, 0) is 11.9 Å². The Morgan fingerprint density at radius 1 is 1.08 bits per heavy atom. The molecular formula is C18H18F3NOS. The van der Waals surface area contributed by atoms with E-state index in [4.69, 9.17) is 0 Å². The zero-order valence-electron chi connectivity index (χ0n) is 13.4. The van der Waals surface area contributed by atoms with Crippen molar-refractivity contribution in [2.45, 2.75) is 24.9 Å². The molecule has 0 spiro atoms. The largest absolute Gasteiger partial charge is 0.416 e. The maximum Gasteiger partial charge on any atom is 0.416 e. The third kappa shape index (κ3) is 4.77. The van der Waals surface area contributed by atoms with E-state index in [-0.39, 0.29) is 11.9 Å². The number of benzene rings is 2. The number of nitrogens with one attached hydrogen (secondary N) is 1. The minimum Gasteiger partial charge on any atom is -0.346 e. The van der Waals surface area contributed by atoms with Gasteiger partial charge in [0, 0.05) is 11.3 Å². The monoisotopic (exact) mass is 353 g/mol. The third-order valence-corrected chi connectivity index (χ3v) is 4.23. The van der Waals surface area contributed by atoms with Crippen molar-refractivity contribution >= 4 is 17.7 Å². The number of alkyl halides is 3. The molecule has 6 heteroatoms. The number of carbonyl (C=O) groups excluding carboxylic acids is 1. The van der Waals surface area contributed by atoms with Crippen LogP contribution in [-0.4, -0.2) is 12.2 Å². The summed E-state index contributed by atoms with van der Waals surface area (Å²) in [6, 6.07) is 11.7. The van der Waals surface area contributed by atoms with Gasteiger partial charge in [-0.3, -0.25) is 4.79 Å². The number of hydrogen-bond donors (Lipinski definition) is 1. The van der Waals surface area contributed by atoms with E-state index in [2.05, 4.69) is 5.32 Å². The molecule has 1 atom stereocenters. The fourth-order valence-electron chi connectivity index (χ4n) is 2.24. The quantitative estimate of drug-likeness (QED) is 0.814. The van der Waals surface area contributed by atoms with Gasteiger partial charge in [0.25, 0.3) is 5.91 Å².